The van der Waals surface area contributed by atoms with Crippen molar-refractivity contribution in [2.75, 3.05) is 5.73 Å². The number of nitrogen functional groups attached to an aromatic ring is 1. The third-order valence-electron chi connectivity index (χ3n) is 1.98. The van der Waals surface area contributed by atoms with Crippen LogP contribution >= 0.6 is 11.8 Å². The van der Waals surface area contributed by atoms with Crippen molar-refractivity contribution < 1.29 is 0 Å². The van der Waals surface area contributed by atoms with Crippen LogP contribution in [0.1, 0.15) is 5.56 Å². The molecule has 76 valence electrons. The number of anilines is 1. The average molecular weight is 217 g/mol. The Labute approximate surface area is 92.8 Å². The summed E-state index contributed by atoms with van der Waals surface area (Å²) in [5, 5.41) is 0.929. The second-order valence-electron chi connectivity index (χ2n) is 3.17. The summed E-state index contributed by atoms with van der Waals surface area (Å²) in [5.74, 6) is 0. The highest BCUT2D eigenvalue weighted by Crippen LogP contribution is 2.29. The lowest BCUT2D eigenvalue weighted by molar-refractivity contribution is 1.05. The SMILES string of the molecule is Cc1ccc(N)cc1Sc1ccncn1. The Kier molecular flexibility index (Phi) is 2.87. The van der Waals surface area contributed by atoms with Crippen LogP contribution < -0.4 is 5.73 Å². The van der Waals surface area contributed by atoms with Crippen LogP contribution in [0.15, 0.2) is 46.7 Å². The predicted molar refractivity (Wildman–Crippen MR) is 61.7 cm³/mol. The number of rotatable bonds is 2. The molecule has 0 atom stereocenters. The minimum atomic E-state index is 0.775. The van der Waals surface area contributed by atoms with Crippen molar-refractivity contribution in [3.63, 3.8) is 0 Å². The Bertz CT molecular complexity index is 457. The molecule has 0 radical (unpaired) electrons. The van der Waals surface area contributed by atoms with E-state index in [4.69, 9.17) is 5.73 Å². The van der Waals surface area contributed by atoms with Crippen molar-refractivity contribution >= 4 is 17.4 Å². The lowest BCUT2D eigenvalue weighted by Gasteiger charge is -2.05. The summed E-state index contributed by atoms with van der Waals surface area (Å²) in [6, 6.07) is 7.76. The van der Waals surface area contributed by atoms with Crippen LogP contribution in [-0.4, -0.2) is 9.97 Å². The van der Waals surface area contributed by atoms with Gasteiger partial charge in [-0.3, -0.25) is 0 Å². The van der Waals surface area contributed by atoms with Gasteiger partial charge < -0.3 is 5.73 Å². The van der Waals surface area contributed by atoms with Gasteiger partial charge in [0.05, 0.1) is 0 Å². The summed E-state index contributed by atoms with van der Waals surface area (Å²) in [5.41, 5.74) is 7.71. The number of hydrogen-bond acceptors (Lipinski definition) is 4. The monoisotopic (exact) mass is 217 g/mol. The topological polar surface area (TPSA) is 51.8 Å². The van der Waals surface area contributed by atoms with E-state index < -0.39 is 0 Å². The van der Waals surface area contributed by atoms with E-state index in [0.717, 1.165) is 15.6 Å². The van der Waals surface area contributed by atoms with Crippen molar-refractivity contribution in [2.24, 2.45) is 0 Å². The van der Waals surface area contributed by atoms with Gasteiger partial charge in [0.15, 0.2) is 0 Å². The zero-order chi connectivity index (χ0) is 10.7. The Balaban J connectivity index is 2.28. The molecule has 3 nitrogen and oxygen atoms in total. The highest BCUT2D eigenvalue weighted by molar-refractivity contribution is 7.99. The average Bonchev–Trinajstić information content (AvgIpc) is 2.25. The van der Waals surface area contributed by atoms with E-state index in [1.54, 1.807) is 24.3 Å². The molecule has 0 aliphatic heterocycles. The van der Waals surface area contributed by atoms with E-state index in [1.807, 2.05) is 24.3 Å². The first-order valence-electron chi connectivity index (χ1n) is 4.56. The largest absolute Gasteiger partial charge is 0.399 e. The zero-order valence-electron chi connectivity index (χ0n) is 8.34. The first kappa shape index (κ1) is 9.98. The first-order valence-corrected chi connectivity index (χ1v) is 5.37. The molecule has 2 N–H and O–H groups in total. The van der Waals surface area contributed by atoms with Crippen molar-refractivity contribution in [2.45, 2.75) is 16.8 Å². The molecule has 4 heteroatoms. The van der Waals surface area contributed by atoms with Crippen LogP contribution in [-0.2, 0) is 0 Å². The normalized spacial score (nSPS) is 10.2. The summed E-state index contributed by atoms with van der Waals surface area (Å²) in [4.78, 5) is 9.17. The number of nitrogens with zero attached hydrogens (tertiary/aromatic N) is 2. The minimum Gasteiger partial charge on any atom is -0.399 e. The fraction of sp³-hybridized carbons (Fsp3) is 0.0909. The molecule has 0 saturated heterocycles. The van der Waals surface area contributed by atoms with Crippen LogP contribution in [0.5, 0.6) is 0 Å². The van der Waals surface area contributed by atoms with Gasteiger partial charge in [0, 0.05) is 16.8 Å². The molecule has 1 aromatic heterocycles. The van der Waals surface area contributed by atoms with Gasteiger partial charge >= 0.3 is 0 Å². The van der Waals surface area contributed by atoms with E-state index in [0.29, 0.717) is 0 Å². The molecule has 2 aromatic rings. The van der Waals surface area contributed by atoms with Crippen LogP contribution in [0.25, 0.3) is 0 Å². The Morgan fingerprint density at radius 3 is 2.87 bits per heavy atom. The van der Waals surface area contributed by atoms with Gasteiger partial charge in [-0.2, -0.15) is 0 Å². The smallest absolute Gasteiger partial charge is 0.116 e. The second-order valence-corrected chi connectivity index (χ2v) is 4.24. The molecular weight excluding hydrogens is 206 g/mol. The lowest BCUT2D eigenvalue weighted by atomic mass is 10.2. The van der Waals surface area contributed by atoms with E-state index in [1.165, 1.54) is 5.56 Å². The Hall–Kier alpha value is -1.55. The lowest BCUT2D eigenvalue weighted by Crippen LogP contribution is -1.88. The molecule has 0 aliphatic carbocycles. The number of nitrogens with two attached hydrogens (primary N) is 1. The van der Waals surface area contributed by atoms with Gasteiger partial charge in [-0.1, -0.05) is 17.8 Å². The molecule has 0 bridgehead atoms. The molecule has 0 saturated carbocycles. The van der Waals surface area contributed by atoms with Crippen LogP contribution in [0.3, 0.4) is 0 Å². The van der Waals surface area contributed by atoms with Gasteiger partial charge in [0.25, 0.3) is 0 Å². The van der Waals surface area contributed by atoms with Crippen LogP contribution in [0, 0.1) is 6.92 Å². The van der Waals surface area contributed by atoms with Gasteiger partial charge in [-0.25, -0.2) is 9.97 Å². The maximum atomic E-state index is 5.74. The highest BCUT2D eigenvalue weighted by atomic mass is 32.2. The Morgan fingerprint density at radius 1 is 1.27 bits per heavy atom. The zero-order valence-corrected chi connectivity index (χ0v) is 9.16. The van der Waals surface area contributed by atoms with Crippen LogP contribution in [0.4, 0.5) is 5.69 Å². The quantitative estimate of drug-likeness (QED) is 0.620. The molecule has 0 spiro atoms. The van der Waals surface area contributed by atoms with E-state index in [9.17, 15) is 0 Å². The number of aryl methyl sites for hydroxylation is 1. The summed E-state index contributed by atoms with van der Waals surface area (Å²) in [6.45, 7) is 2.06. The molecule has 0 amide bonds. The number of aromatic nitrogens is 2. The third-order valence-corrected chi connectivity index (χ3v) is 3.09. The van der Waals surface area contributed by atoms with Gasteiger partial charge in [-0.15, -0.1) is 0 Å². The van der Waals surface area contributed by atoms with Gasteiger partial charge in [0.2, 0.25) is 0 Å². The van der Waals surface area contributed by atoms with Crippen molar-refractivity contribution in [1.29, 1.82) is 0 Å². The predicted octanol–water partition coefficient (Wildman–Crippen LogP) is 2.52. The summed E-state index contributed by atoms with van der Waals surface area (Å²) in [7, 11) is 0. The maximum absolute atomic E-state index is 5.74. The molecule has 0 fully saturated rings. The number of hydrogen-bond donors (Lipinski definition) is 1. The van der Waals surface area contributed by atoms with Gasteiger partial charge in [-0.05, 0) is 30.7 Å². The third kappa shape index (κ3) is 2.47. The summed E-state index contributed by atoms with van der Waals surface area (Å²) >= 11 is 1.60. The second kappa shape index (κ2) is 4.31. The Morgan fingerprint density at radius 2 is 2.13 bits per heavy atom. The first-order chi connectivity index (χ1) is 7.25. The maximum Gasteiger partial charge on any atom is 0.116 e. The van der Waals surface area contributed by atoms with Gasteiger partial charge in [0.1, 0.15) is 11.4 Å². The van der Waals surface area contributed by atoms with E-state index in [2.05, 4.69) is 16.9 Å². The molecule has 15 heavy (non-hydrogen) atoms. The fourth-order valence-corrected chi connectivity index (χ4v) is 2.06. The molecular formula is C11H11N3S. The van der Waals surface area contributed by atoms with Crippen molar-refractivity contribution in [3.8, 4) is 0 Å². The minimum absolute atomic E-state index is 0.775. The van der Waals surface area contributed by atoms with E-state index in [-0.39, 0.29) is 0 Å². The van der Waals surface area contributed by atoms with Crippen molar-refractivity contribution in [3.05, 3.63) is 42.4 Å². The van der Waals surface area contributed by atoms with Crippen molar-refractivity contribution in [1.82, 2.24) is 9.97 Å². The van der Waals surface area contributed by atoms with E-state index >= 15 is 0 Å². The fourth-order valence-electron chi connectivity index (χ4n) is 1.18. The molecule has 1 aromatic carbocycles. The molecule has 0 aliphatic rings. The molecule has 2 rings (SSSR count). The summed E-state index contributed by atoms with van der Waals surface area (Å²) in [6.07, 6.45) is 3.28. The number of benzene rings is 1. The summed E-state index contributed by atoms with van der Waals surface area (Å²) < 4.78 is 0. The highest BCUT2D eigenvalue weighted by Gasteiger charge is 2.02. The molecule has 1 heterocycles. The molecule has 0 unspecified atom stereocenters. The van der Waals surface area contributed by atoms with Crippen LogP contribution in [0.2, 0.25) is 0 Å². The standard InChI is InChI=1S/C11H11N3S/c1-8-2-3-9(12)6-10(8)15-11-4-5-13-7-14-11/h2-7H,12H2,1H3.